The molecule has 162 valence electrons. The van der Waals surface area contributed by atoms with Gasteiger partial charge in [-0.2, -0.15) is 0 Å². The summed E-state index contributed by atoms with van der Waals surface area (Å²) in [6.45, 7) is 3.63. The second-order valence-corrected chi connectivity index (χ2v) is 8.68. The van der Waals surface area contributed by atoms with Crippen LogP contribution in [-0.4, -0.2) is 47.8 Å². The van der Waals surface area contributed by atoms with Crippen molar-refractivity contribution < 1.29 is 9.59 Å². The Hall–Kier alpha value is -3.24. The van der Waals surface area contributed by atoms with Gasteiger partial charge in [0, 0.05) is 36.1 Å². The fraction of sp³-hybridized carbons (Fsp3) is 0.286. The minimum atomic E-state index is -0.158. The quantitative estimate of drug-likeness (QED) is 0.377. The first kappa shape index (κ1) is 20.7. The van der Waals surface area contributed by atoms with E-state index in [2.05, 4.69) is 41.3 Å². The molecule has 0 spiro atoms. The monoisotopic (exact) mass is 424 g/mol. The summed E-state index contributed by atoms with van der Waals surface area (Å²) in [5, 5.41) is 1.75. The van der Waals surface area contributed by atoms with Gasteiger partial charge in [-0.05, 0) is 54.5 Å². The second-order valence-electron chi connectivity index (χ2n) is 8.68. The molecule has 32 heavy (non-hydrogen) atoms. The van der Waals surface area contributed by atoms with Crippen LogP contribution in [0.1, 0.15) is 52.0 Å². The first-order valence-corrected chi connectivity index (χ1v) is 11.6. The number of rotatable bonds is 7. The van der Waals surface area contributed by atoms with Crippen molar-refractivity contribution in [1.82, 2.24) is 9.80 Å². The standard InChI is InChI=1S/C28H28N2O2/c31-27-24-13-7-11-23-12-8-14-25(26(23)24)28(32)30(27)18-6-2-5-17-29-19-15-22(16-20-29)21-9-3-1-4-10-21/h1,3-4,7-15H,2,5-6,16-20H2. The van der Waals surface area contributed by atoms with Gasteiger partial charge in [0.15, 0.2) is 0 Å². The van der Waals surface area contributed by atoms with Gasteiger partial charge in [0.2, 0.25) is 0 Å². The molecule has 2 amide bonds. The molecule has 0 unspecified atom stereocenters. The number of nitrogens with zero attached hydrogens (tertiary/aromatic N) is 2. The van der Waals surface area contributed by atoms with Crippen molar-refractivity contribution in [2.75, 3.05) is 26.2 Å². The molecule has 0 aromatic heterocycles. The molecule has 4 heteroatoms. The Morgan fingerprint density at radius 3 is 2.06 bits per heavy atom. The second kappa shape index (κ2) is 9.09. The van der Waals surface area contributed by atoms with Gasteiger partial charge < -0.3 is 0 Å². The summed E-state index contributed by atoms with van der Waals surface area (Å²) < 4.78 is 0. The fourth-order valence-electron chi connectivity index (χ4n) is 4.89. The van der Waals surface area contributed by atoms with Gasteiger partial charge in [-0.3, -0.25) is 19.4 Å². The molecule has 2 aliphatic rings. The molecular weight excluding hydrogens is 396 g/mol. The highest BCUT2D eigenvalue weighted by molar-refractivity contribution is 6.25. The summed E-state index contributed by atoms with van der Waals surface area (Å²) >= 11 is 0. The summed E-state index contributed by atoms with van der Waals surface area (Å²) in [4.78, 5) is 29.8. The number of unbranched alkanes of at least 4 members (excludes halogenated alkanes) is 2. The molecule has 5 rings (SSSR count). The van der Waals surface area contributed by atoms with E-state index in [1.807, 2.05) is 36.4 Å². The maximum atomic E-state index is 13.0. The maximum absolute atomic E-state index is 13.0. The lowest BCUT2D eigenvalue weighted by Crippen LogP contribution is -2.40. The zero-order valence-corrected chi connectivity index (χ0v) is 18.3. The first-order chi connectivity index (χ1) is 15.7. The molecule has 2 aliphatic heterocycles. The Bertz CT molecular complexity index is 1130. The molecule has 0 aliphatic carbocycles. The van der Waals surface area contributed by atoms with Gasteiger partial charge in [-0.25, -0.2) is 0 Å². The summed E-state index contributed by atoms with van der Waals surface area (Å²) in [6, 6.07) is 22.0. The molecule has 4 nitrogen and oxygen atoms in total. The van der Waals surface area contributed by atoms with Crippen molar-refractivity contribution in [1.29, 1.82) is 0 Å². The van der Waals surface area contributed by atoms with E-state index in [9.17, 15) is 9.59 Å². The summed E-state index contributed by atoms with van der Waals surface area (Å²) in [7, 11) is 0. The normalized spacial score (nSPS) is 16.5. The number of amides is 2. The third kappa shape index (κ3) is 3.98. The molecule has 3 aromatic carbocycles. The smallest absolute Gasteiger partial charge is 0.261 e. The maximum Gasteiger partial charge on any atom is 0.261 e. The van der Waals surface area contributed by atoms with Gasteiger partial charge in [-0.15, -0.1) is 0 Å². The van der Waals surface area contributed by atoms with Crippen LogP contribution in [0.25, 0.3) is 16.3 Å². The molecule has 3 aromatic rings. The Morgan fingerprint density at radius 1 is 0.719 bits per heavy atom. The van der Waals surface area contributed by atoms with Crippen molar-refractivity contribution in [3.05, 3.63) is 89.5 Å². The van der Waals surface area contributed by atoms with E-state index in [4.69, 9.17) is 0 Å². The van der Waals surface area contributed by atoms with Crippen LogP contribution in [0.2, 0.25) is 0 Å². The van der Waals surface area contributed by atoms with Crippen molar-refractivity contribution in [2.24, 2.45) is 0 Å². The van der Waals surface area contributed by atoms with Gasteiger partial charge in [0.05, 0.1) is 0 Å². The Morgan fingerprint density at radius 2 is 1.41 bits per heavy atom. The van der Waals surface area contributed by atoms with E-state index in [-0.39, 0.29) is 11.8 Å². The van der Waals surface area contributed by atoms with Crippen LogP contribution in [0.15, 0.2) is 72.8 Å². The lowest BCUT2D eigenvalue weighted by molar-refractivity contribution is 0.0607. The van der Waals surface area contributed by atoms with Crippen LogP contribution in [-0.2, 0) is 0 Å². The average Bonchev–Trinajstić information content (AvgIpc) is 2.85. The van der Waals surface area contributed by atoms with Crippen LogP contribution in [0, 0.1) is 0 Å². The molecule has 0 N–H and O–H groups in total. The summed E-state index contributed by atoms with van der Waals surface area (Å²) in [5.41, 5.74) is 4.07. The van der Waals surface area contributed by atoms with Crippen molar-refractivity contribution in [2.45, 2.75) is 25.7 Å². The number of hydrogen-bond acceptors (Lipinski definition) is 3. The van der Waals surface area contributed by atoms with Crippen molar-refractivity contribution >= 4 is 28.2 Å². The number of benzene rings is 3. The van der Waals surface area contributed by atoms with Crippen LogP contribution in [0.4, 0.5) is 0 Å². The SMILES string of the molecule is O=C1c2cccc3cccc(c23)C(=O)N1CCCCCN1CC=C(c2ccccc2)CC1. The van der Waals surface area contributed by atoms with Crippen molar-refractivity contribution in [3.63, 3.8) is 0 Å². The number of imide groups is 1. The van der Waals surface area contributed by atoms with Crippen LogP contribution >= 0.6 is 0 Å². The van der Waals surface area contributed by atoms with E-state index in [1.165, 1.54) is 16.0 Å². The molecule has 0 saturated carbocycles. The first-order valence-electron chi connectivity index (χ1n) is 11.6. The Balaban J connectivity index is 1.12. The summed E-state index contributed by atoms with van der Waals surface area (Å²) in [6.07, 6.45) is 6.37. The summed E-state index contributed by atoms with van der Waals surface area (Å²) in [5.74, 6) is -0.317. The van der Waals surface area contributed by atoms with Crippen LogP contribution in [0.3, 0.4) is 0 Å². The zero-order chi connectivity index (χ0) is 21.9. The predicted molar refractivity (Wildman–Crippen MR) is 129 cm³/mol. The van der Waals surface area contributed by atoms with Crippen LogP contribution < -0.4 is 0 Å². The van der Waals surface area contributed by atoms with Gasteiger partial charge in [0.25, 0.3) is 11.8 Å². The van der Waals surface area contributed by atoms with E-state index in [1.54, 1.807) is 0 Å². The number of carbonyl (C=O) groups excluding carboxylic acids is 2. The highest BCUT2D eigenvalue weighted by atomic mass is 16.2. The fourth-order valence-corrected chi connectivity index (χ4v) is 4.89. The topological polar surface area (TPSA) is 40.6 Å². The third-order valence-corrected chi connectivity index (χ3v) is 6.65. The largest absolute Gasteiger partial charge is 0.299 e. The minimum Gasteiger partial charge on any atom is -0.299 e. The number of carbonyl (C=O) groups is 2. The zero-order valence-electron chi connectivity index (χ0n) is 18.3. The minimum absolute atomic E-state index is 0.158. The molecule has 0 radical (unpaired) electrons. The molecular formula is C28H28N2O2. The van der Waals surface area contributed by atoms with Crippen LogP contribution in [0.5, 0.6) is 0 Å². The highest BCUT2D eigenvalue weighted by Crippen LogP contribution is 2.30. The van der Waals surface area contributed by atoms with E-state index in [0.29, 0.717) is 17.7 Å². The molecule has 0 bridgehead atoms. The van der Waals surface area contributed by atoms with Gasteiger partial charge >= 0.3 is 0 Å². The highest BCUT2D eigenvalue weighted by Gasteiger charge is 2.32. The third-order valence-electron chi connectivity index (χ3n) is 6.65. The van der Waals surface area contributed by atoms with Gasteiger partial charge in [-0.1, -0.05) is 67.1 Å². The Kier molecular flexibility index (Phi) is 5.87. The van der Waals surface area contributed by atoms with E-state index < -0.39 is 0 Å². The lowest BCUT2D eigenvalue weighted by atomic mass is 9.94. The van der Waals surface area contributed by atoms with Gasteiger partial charge in [0.1, 0.15) is 0 Å². The number of hydrogen-bond donors (Lipinski definition) is 0. The Labute approximate surface area is 189 Å². The molecule has 0 fully saturated rings. The lowest BCUT2D eigenvalue weighted by Gasteiger charge is -2.28. The molecule has 0 atom stereocenters. The van der Waals surface area contributed by atoms with E-state index >= 15 is 0 Å². The average molecular weight is 425 g/mol. The van der Waals surface area contributed by atoms with Crippen molar-refractivity contribution in [3.8, 4) is 0 Å². The molecule has 0 saturated heterocycles. The molecule has 2 heterocycles. The predicted octanol–water partition coefficient (Wildman–Crippen LogP) is 5.40. The van der Waals surface area contributed by atoms with E-state index in [0.717, 1.165) is 56.1 Å².